The Morgan fingerprint density at radius 1 is 1.10 bits per heavy atom. The van der Waals surface area contributed by atoms with E-state index in [-0.39, 0.29) is 0 Å². The zero-order chi connectivity index (χ0) is 13.9. The summed E-state index contributed by atoms with van der Waals surface area (Å²) >= 11 is 0. The Bertz CT molecular complexity index is 553. The van der Waals surface area contributed by atoms with Crippen molar-refractivity contribution in [3.63, 3.8) is 0 Å². The molecule has 0 atom stereocenters. The number of benzene rings is 1. The average Bonchev–Trinajstić information content (AvgIpc) is 2.90. The van der Waals surface area contributed by atoms with Gasteiger partial charge in [-0.3, -0.25) is 4.57 Å². The second-order valence-corrected chi connectivity index (χ2v) is 5.73. The number of para-hydroxylation sites is 1. The van der Waals surface area contributed by atoms with Crippen LogP contribution in [-0.2, 0) is 0 Å². The highest BCUT2D eigenvalue weighted by atomic mass is 15.3. The van der Waals surface area contributed by atoms with Crippen molar-refractivity contribution in [3.8, 4) is 5.69 Å². The molecular formula is C16H22N4. The van der Waals surface area contributed by atoms with Gasteiger partial charge in [-0.1, -0.05) is 18.2 Å². The van der Waals surface area contributed by atoms with E-state index in [4.69, 9.17) is 5.73 Å². The van der Waals surface area contributed by atoms with Crippen molar-refractivity contribution in [1.29, 1.82) is 0 Å². The monoisotopic (exact) mass is 270 g/mol. The molecule has 1 saturated carbocycles. The van der Waals surface area contributed by atoms with Gasteiger partial charge in [0.05, 0.1) is 0 Å². The van der Waals surface area contributed by atoms with E-state index in [2.05, 4.69) is 39.0 Å². The zero-order valence-corrected chi connectivity index (χ0v) is 12.0. The number of hydrogen-bond acceptors (Lipinski definition) is 3. The summed E-state index contributed by atoms with van der Waals surface area (Å²) in [6, 6.07) is 10.4. The Morgan fingerprint density at radius 2 is 1.80 bits per heavy atom. The molecule has 1 aliphatic carbocycles. The van der Waals surface area contributed by atoms with Crippen LogP contribution in [0.3, 0.4) is 0 Å². The van der Waals surface area contributed by atoms with Crippen molar-refractivity contribution >= 4 is 0 Å². The maximum absolute atomic E-state index is 5.78. The highest BCUT2D eigenvalue weighted by Crippen LogP contribution is 2.35. The van der Waals surface area contributed by atoms with Crippen LogP contribution in [0.5, 0.6) is 0 Å². The predicted octanol–water partition coefficient (Wildman–Crippen LogP) is 2.81. The van der Waals surface area contributed by atoms with Crippen LogP contribution in [0, 0.1) is 12.8 Å². The van der Waals surface area contributed by atoms with E-state index in [1.807, 2.05) is 13.0 Å². The van der Waals surface area contributed by atoms with Gasteiger partial charge in [0.15, 0.2) is 0 Å². The predicted molar refractivity (Wildman–Crippen MR) is 79.8 cm³/mol. The van der Waals surface area contributed by atoms with Gasteiger partial charge >= 0.3 is 0 Å². The van der Waals surface area contributed by atoms with Crippen molar-refractivity contribution in [2.24, 2.45) is 11.7 Å². The molecule has 2 aromatic rings. The number of nitrogens with two attached hydrogens (primary N) is 1. The molecule has 1 aliphatic rings. The fourth-order valence-electron chi connectivity index (χ4n) is 3.20. The van der Waals surface area contributed by atoms with Crippen LogP contribution in [0.15, 0.2) is 30.3 Å². The van der Waals surface area contributed by atoms with Gasteiger partial charge in [0, 0.05) is 11.6 Å². The SMILES string of the molecule is Cc1nnc(C2CCC(CN)CC2)n1-c1ccccc1. The minimum Gasteiger partial charge on any atom is -0.330 e. The lowest BCUT2D eigenvalue weighted by Gasteiger charge is -2.27. The van der Waals surface area contributed by atoms with Crippen LogP contribution in [0.2, 0.25) is 0 Å². The van der Waals surface area contributed by atoms with Gasteiger partial charge in [-0.2, -0.15) is 0 Å². The van der Waals surface area contributed by atoms with Crippen LogP contribution in [0.1, 0.15) is 43.3 Å². The molecule has 0 spiro atoms. The van der Waals surface area contributed by atoms with Crippen molar-refractivity contribution in [1.82, 2.24) is 14.8 Å². The molecule has 3 rings (SSSR count). The number of aromatic nitrogens is 3. The first kappa shape index (κ1) is 13.3. The van der Waals surface area contributed by atoms with Crippen LogP contribution >= 0.6 is 0 Å². The molecule has 4 heteroatoms. The summed E-state index contributed by atoms with van der Waals surface area (Å²) in [5, 5.41) is 8.74. The van der Waals surface area contributed by atoms with Crippen LogP contribution < -0.4 is 5.73 Å². The van der Waals surface area contributed by atoms with Crippen molar-refractivity contribution in [2.45, 2.75) is 38.5 Å². The molecule has 106 valence electrons. The maximum atomic E-state index is 5.78. The molecule has 2 N–H and O–H groups in total. The largest absolute Gasteiger partial charge is 0.330 e. The van der Waals surface area contributed by atoms with E-state index in [1.165, 1.54) is 25.7 Å². The minimum absolute atomic E-state index is 0.513. The summed E-state index contributed by atoms with van der Waals surface area (Å²) in [5.41, 5.74) is 6.94. The average molecular weight is 270 g/mol. The lowest BCUT2D eigenvalue weighted by molar-refractivity contribution is 0.323. The molecule has 0 bridgehead atoms. The normalized spacial score (nSPS) is 22.9. The summed E-state index contributed by atoms with van der Waals surface area (Å²) in [7, 11) is 0. The summed E-state index contributed by atoms with van der Waals surface area (Å²) in [5.74, 6) is 3.29. The second kappa shape index (κ2) is 5.75. The topological polar surface area (TPSA) is 56.7 Å². The number of rotatable bonds is 3. The van der Waals surface area contributed by atoms with Gasteiger partial charge in [0.1, 0.15) is 11.6 Å². The highest BCUT2D eigenvalue weighted by Gasteiger charge is 2.26. The molecule has 0 unspecified atom stereocenters. The fraction of sp³-hybridized carbons (Fsp3) is 0.500. The Morgan fingerprint density at radius 3 is 2.45 bits per heavy atom. The quantitative estimate of drug-likeness (QED) is 0.933. The Balaban J connectivity index is 1.88. The molecule has 0 amide bonds. The lowest BCUT2D eigenvalue weighted by Crippen LogP contribution is -2.22. The van der Waals surface area contributed by atoms with E-state index < -0.39 is 0 Å². The van der Waals surface area contributed by atoms with E-state index in [0.29, 0.717) is 11.8 Å². The number of hydrogen-bond donors (Lipinski definition) is 1. The minimum atomic E-state index is 0.513. The summed E-state index contributed by atoms with van der Waals surface area (Å²) < 4.78 is 2.20. The Hall–Kier alpha value is -1.68. The van der Waals surface area contributed by atoms with Crippen molar-refractivity contribution in [2.75, 3.05) is 6.54 Å². The van der Waals surface area contributed by atoms with Gasteiger partial charge in [0.2, 0.25) is 0 Å². The zero-order valence-electron chi connectivity index (χ0n) is 12.0. The third-order valence-corrected chi connectivity index (χ3v) is 4.41. The van der Waals surface area contributed by atoms with Crippen molar-refractivity contribution < 1.29 is 0 Å². The summed E-state index contributed by atoms with van der Waals surface area (Å²) in [4.78, 5) is 0. The van der Waals surface area contributed by atoms with E-state index in [9.17, 15) is 0 Å². The van der Waals surface area contributed by atoms with Gasteiger partial charge in [-0.25, -0.2) is 0 Å². The first-order chi connectivity index (χ1) is 9.79. The standard InChI is InChI=1S/C16H22N4/c1-12-18-19-16(14-9-7-13(11-17)8-10-14)20(12)15-5-3-2-4-6-15/h2-6,13-14H,7-11,17H2,1H3. The molecule has 20 heavy (non-hydrogen) atoms. The molecule has 1 heterocycles. The molecular weight excluding hydrogens is 248 g/mol. The molecule has 0 saturated heterocycles. The molecule has 4 nitrogen and oxygen atoms in total. The summed E-state index contributed by atoms with van der Waals surface area (Å²) in [6.07, 6.45) is 4.77. The van der Waals surface area contributed by atoms with Gasteiger partial charge in [-0.15, -0.1) is 10.2 Å². The van der Waals surface area contributed by atoms with Gasteiger partial charge in [0.25, 0.3) is 0 Å². The maximum Gasteiger partial charge on any atom is 0.140 e. The lowest BCUT2D eigenvalue weighted by atomic mass is 9.81. The Labute approximate surface area is 120 Å². The molecule has 1 aromatic heterocycles. The highest BCUT2D eigenvalue weighted by molar-refractivity contribution is 5.34. The van der Waals surface area contributed by atoms with Gasteiger partial charge in [-0.05, 0) is 57.2 Å². The van der Waals surface area contributed by atoms with E-state index in [1.54, 1.807) is 0 Å². The first-order valence-electron chi connectivity index (χ1n) is 7.47. The van der Waals surface area contributed by atoms with Crippen molar-refractivity contribution in [3.05, 3.63) is 42.0 Å². The number of nitrogens with zero attached hydrogens (tertiary/aromatic N) is 3. The van der Waals surface area contributed by atoms with Crippen LogP contribution in [0.4, 0.5) is 0 Å². The molecule has 0 radical (unpaired) electrons. The smallest absolute Gasteiger partial charge is 0.140 e. The number of aryl methyl sites for hydroxylation is 1. The first-order valence-corrected chi connectivity index (χ1v) is 7.47. The third kappa shape index (κ3) is 2.48. The van der Waals surface area contributed by atoms with Gasteiger partial charge < -0.3 is 5.73 Å². The van der Waals surface area contributed by atoms with E-state index in [0.717, 1.165) is 23.9 Å². The van der Waals surface area contributed by atoms with Crippen LogP contribution in [-0.4, -0.2) is 21.3 Å². The third-order valence-electron chi connectivity index (χ3n) is 4.41. The fourth-order valence-corrected chi connectivity index (χ4v) is 3.20. The molecule has 1 aromatic carbocycles. The summed E-state index contributed by atoms with van der Waals surface area (Å²) in [6.45, 7) is 2.84. The molecule has 1 fully saturated rings. The van der Waals surface area contributed by atoms with E-state index >= 15 is 0 Å². The molecule has 0 aliphatic heterocycles. The Kier molecular flexibility index (Phi) is 3.83. The van der Waals surface area contributed by atoms with Crippen LogP contribution in [0.25, 0.3) is 5.69 Å². The second-order valence-electron chi connectivity index (χ2n) is 5.73.